The highest BCUT2D eigenvalue weighted by molar-refractivity contribution is 9.10. The summed E-state index contributed by atoms with van der Waals surface area (Å²) in [6.45, 7) is 0. The van der Waals surface area contributed by atoms with Crippen LogP contribution in [0, 0.1) is 5.82 Å². The molecule has 0 saturated heterocycles. The van der Waals surface area contributed by atoms with Crippen molar-refractivity contribution in [1.82, 2.24) is 9.97 Å². The van der Waals surface area contributed by atoms with E-state index in [0.717, 1.165) is 4.47 Å². The van der Waals surface area contributed by atoms with Gasteiger partial charge in [-0.2, -0.15) is 0 Å². The summed E-state index contributed by atoms with van der Waals surface area (Å²) in [6.07, 6.45) is 2.91. The van der Waals surface area contributed by atoms with Crippen molar-refractivity contribution in [3.63, 3.8) is 0 Å². The van der Waals surface area contributed by atoms with E-state index in [1.807, 2.05) is 0 Å². The number of halogens is 2. The van der Waals surface area contributed by atoms with Gasteiger partial charge in [-0.25, -0.2) is 9.37 Å². The monoisotopic (exact) mass is 214 g/mol. The first kappa shape index (κ1) is 6.79. The van der Waals surface area contributed by atoms with Gasteiger partial charge in [0.25, 0.3) is 0 Å². The molecule has 2 aromatic heterocycles. The van der Waals surface area contributed by atoms with Crippen LogP contribution in [-0.2, 0) is 0 Å². The Balaban J connectivity index is 2.96. The van der Waals surface area contributed by atoms with Crippen molar-refractivity contribution in [3.8, 4) is 0 Å². The molecule has 0 fully saturated rings. The number of hydrogen-bond acceptors (Lipinski definition) is 1. The third-order valence-corrected chi connectivity index (χ3v) is 2.14. The molecule has 0 bridgehead atoms. The van der Waals surface area contributed by atoms with E-state index in [4.69, 9.17) is 0 Å². The van der Waals surface area contributed by atoms with Crippen LogP contribution >= 0.6 is 15.9 Å². The Morgan fingerprint density at radius 1 is 1.55 bits per heavy atom. The summed E-state index contributed by atoms with van der Waals surface area (Å²) < 4.78 is 13.6. The number of nitrogens with zero attached hydrogens (tertiary/aromatic N) is 1. The smallest absolute Gasteiger partial charge is 0.151 e. The van der Waals surface area contributed by atoms with E-state index < -0.39 is 0 Å². The number of rotatable bonds is 0. The maximum absolute atomic E-state index is 12.9. The molecule has 0 unspecified atom stereocenters. The average Bonchev–Trinajstić information content (AvgIpc) is 2.34. The van der Waals surface area contributed by atoms with Crippen LogP contribution in [-0.4, -0.2) is 9.97 Å². The molecule has 0 radical (unpaired) electrons. The fourth-order valence-corrected chi connectivity index (χ4v) is 1.47. The van der Waals surface area contributed by atoms with Gasteiger partial charge in [0.1, 0.15) is 5.65 Å². The zero-order valence-corrected chi connectivity index (χ0v) is 7.02. The van der Waals surface area contributed by atoms with E-state index in [-0.39, 0.29) is 5.82 Å². The minimum absolute atomic E-state index is 0.278. The van der Waals surface area contributed by atoms with E-state index in [2.05, 4.69) is 25.9 Å². The van der Waals surface area contributed by atoms with Crippen molar-refractivity contribution in [1.29, 1.82) is 0 Å². The van der Waals surface area contributed by atoms with Crippen LogP contribution in [0.5, 0.6) is 0 Å². The predicted molar refractivity (Wildman–Crippen MR) is 43.8 cm³/mol. The van der Waals surface area contributed by atoms with Gasteiger partial charge in [0, 0.05) is 16.9 Å². The average molecular weight is 215 g/mol. The molecule has 56 valence electrons. The van der Waals surface area contributed by atoms with Gasteiger partial charge in [-0.1, -0.05) is 0 Å². The topological polar surface area (TPSA) is 28.7 Å². The van der Waals surface area contributed by atoms with Crippen LogP contribution in [0.25, 0.3) is 11.0 Å². The van der Waals surface area contributed by atoms with Crippen LogP contribution in [0.15, 0.2) is 22.9 Å². The molecule has 4 heteroatoms. The highest BCUT2D eigenvalue weighted by Crippen LogP contribution is 2.23. The number of pyridine rings is 1. The molecule has 0 aliphatic heterocycles. The molecule has 0 saturated carbocycles. The van der Waals surface area contributed by atoms with E-state index in [0.29, 0.717) is 11.0 Å². The Bertz CT molecular complexity index is 396. The molecule has 11 heavy (non-hydrogen) atoms. The lowest BCUT2D eigenvalue weighted by Crippen LogP contribution is -1.76. The van der Waals surface area contributed by atoms with Crippen LogP contribution in [0.1, 0.15) is 0 Å². The van der Waals surface area contributed by atoms with Gasteiger partial charge in [-0.15, -0.1) is 0 Å². The van der Waals surface area contributed by atoms with Gasteiger partial charge >= 0.3 is 0 Å². The van der Waals surface area contributed by atoms with Gasteiger partial charge in [-0.3, -0.25) is 0 Å². The summed E-state index contributed by atoms with van der Waals surface area (Å²) in [5.41, 5.74) is 0.567. The zero-order valence-electron chi connectivity index (χ0n) is 5.44. The lowest BCUT2D eigenvalue weighted by Gasteiger charge is -1.90. The molecule has 0 atom stereocenters. The summed E-state index contributed by atoms with van der Waals surface area (Å²) in [6, 6.07) is 1.71. The summed E-state index contributed by atoms with van der Waals surface area (Å²) >= 11 is 3.23. The Hall–Kier alpha value is -0.900. The van der Waals surface area contributed by atoms with E-state index >= 15 is 0 Å². The molecule has 0 amide bonds. The molecule has 1 N–H and O–H groups in total. The summed E-state index contributed by atoms with van der Waals surface area (Å²) in [4.78, 5) is 6.65. The highest BCUT2D eigenvalue weighted by Gasteiger charge is 2.05. The first-order valence-corrected chi connectivity index (χ1v) is 3.85. The SMILES string of the molecule is Fc1c[nH]c2nccc(Br)c12. The Morgan fingerprint density at radius 2 is 2.36 bits per heavy atom. The molecule has 0 aromatic carbocycles. The van der Waals surface area contributed by atoms with Crippen molar-refractivity contribution < 1.29 is 4.39 Å². The molecule has 0 spiro atoms. The van der Waals surface area contributed by atoms with Crippen LogP contribution in [0.3, 0.4) is 0 Å². The second-order valence-corrected chi connectivity index (χ2v) is 3.01. The summed E-state index contributed by atoms with van der Waals surface area (Å²) in [7, 11) is 0. The molecular weight excluding hydrogens is 211 g/mol. The first-order valence-electron chi connectivity index (χ1n) is 3.06. The Morgan fingerprint density at radius 3 is 3.09 bits per heavy atom. The lowest BCUT2D eigenvalue weighted by atomic mass is 10.3. The third kappa shape index (κ3) is 0.939. The number of H-pyrrole nitrogens is 1. The minimum Gasteiger partial charge on any atom is -0.343 e. The van der Waals surface area contributed by atoms with Crippen LogP contribution in [0.2, 0.25) is 0 Å². The fraction of sp³-hybridized carbons (Fsp3) is 0. The Labute approximate surface area is 70.6 Å². The van der Waals surface area contributed by atoms with Gasteiger partial charge < -0.3 is 4.98 Å². The van der Waals surface area contributed by atoms with Crippen molar-refractivity contribution in [2.45, 2.75) is 0 Å². The highest BCUT2D eigenvalue weighted by atomic mass is 79.9. The number of hydrogen-bond donors (Lipinski definition) is 1. The molecule has 2 heterocycles. The lowest BCUT2D eigenvalue weighted by molar-refractivity contribution is 0.639. The second kappa shape index (κ2) is 2.30. The second-order valence-electron chi connectivity index (χ2n) is 2.15. The maximum atomic E-state index is 12.9. The van der Waals surface area contributed by atoms with Gasteiger partial charge in [0.15, 0.2) is 5.82 Å². The van der Waals surface area contributed by atoms with Crippen molar-refractivity contribution in [2.75, 3.05) is 0 Å². The molecular formula is C7H4BrFN2. The summed E-state index contributed by atoms with van der Waals surface area (Å²) in [5, 5.41) is 0.507. The van der Waals surface area contributed by atoms with E-state index in [1.54, 1.807) is 12.3 Å². The number of aromatic amines is 1. The molecule has 2 rings (SSSR count). The number of nitrogens with one attached hydrogen (secondary N) is 1. The first-order chi connectivity index (χ1) is 5.29. The standard InChI is InChI=1S/C7H4BrFN2/c8-4-1-2-10-7-6(4)5(9)3-11-7/h1-3H,(H,10,11). The Kier molecular flexibility index (Phi) is 1.42. The van der Waals surface area contributed by atoms with Gasteiger partial charge in [0.2, 0.25) is 0 Å². The van der Waals surface area contributed by atoms with Crippen LogP contribution < -0.4 is 0 Å². The summed E-state index contributed by atoms with van der Waals surface area (Å²) in [5.74, 6) is -0.278. The van der Waals surface area contributed by atoms with Crippen molar-refractivity contribution in [3.05, 3.63) is 28.7 Å². The quantitative estimate of drug-likeness (QED) is 0.718. The van der Waals surface area contributed by atoms with Crippen molar-refractivity contribution >= 4 is 27.0 Å². The zero-order chi connectivity index (χ0) is 7.84. The minimum atomic E-state index is -0.278. The van der Waals surface area contributed by atoms with Crippen LogP contribution in [0.4, 0.5) is 4.39 Å². The number of aromatic nitrogens is 2. The largest absolute Gasteiger partial charge is 0.343 e. The molecule has 2 aromatic rings. The predicted octanol–water partition coefficient (Wildman–Crippen LogP) is 2.46. The normalized spacial score (nSPS) is 10.7. The maximum Gasteiger partial charge on any atom is 0.151 e. The number of fused-ring (bicyclic) bond motifs is 1. The molecule has 0 aliphatic rings. The van der Waals surface area contributed by atoms with Gasteiger partial charge in [0.05, 0.1) is 5.39 Å². The van der Waals surface area contributed by atoms with Gasteiger partial charge in [-0.05, 0) is 22.0 Å². The fourth-order valence-electron chi connectivity index (χ4n) is 0.979. The van der Waals surface area contributed by atoms with E-state index in [9.17, 15) is 4.39 Å². The molecule has 2 nitrogen and oxygen atoms in total. The van der Waals surface area contributed by atoms with E-state index in [1.165, 1.54) is 6.20 Å². The van der Waals surface area contributed by atoms with Crippen molar-refractivity contribution in [2.24, 2.45) is 0 Å². The molecule has 0 aliphatic carbocycles. The third-order valence-electron chi connectivity index (χ3n) is 1.47.